The largest absolute Gasteiger partial charge is 0.388 e. The topological polar surface area (TPSA) is 20.2 Å². The van der Waals surface area contributed by atoms with Gasteiger partial charge in [-0.3, -0.25) is 0 Å². The van der Waals surface area contributed by atoms with E-state index in [1.165, 1.54) is 10.3 Å². The van der Waals surface area contributed by atoms with Crippen molar-refractivity contribution in [3.05, 3.63) is 67.2 Å². The zero-order chi connectivity index (χ0) is 14.1. The first-order valence-corrected chi connectivity index (χ1v) is 8.63. The molecule has 1 heterocycles. The Kier molecular flexibility index (Phi) is 4.26. The maximum Gasteiger partial charge on any atom is 0.0838 e. The molecule has 0 radical (unpaired) electrons. The van der Waals surface area contributed by atoms with Crippen LogP contribution >= 0.6 is 43.2 Å². The van der Waals surface area contributed by atoms with Crippen LogP contribution in [-0.4, -0.2) is 5.11 Å². The minimum atomic E-state index is -0.464. The number of hydrogen-bond donors (Lipinski definition) is 1. The monoisotopic (exact) mass is 410 g/mol. The van der Waals surface area contributed by atoms with E-state index in [1.807, 2.05) is 18.2 Å². The van der Waals surface area contributed by atoms with Gasteiger partial charge in [0.1, 0.15) is 0 Å². The lowest BCUT2D eigenvalue weighted by molar-refractivity contribution is 0.179. The molecule has 20 heavy (non-hydrogen) atoms. The number of halogens is 2. The van der Waals surface area contributed by atoms with Crippen LogP contribution in [0.1, 0.15) is 16.5 Å². The summed E-state index contributed by atoms with van der Waals surface area (Å²) in [6, 6.07) is 16.4. The summed E-state index contributed by atoms with van der Waals surface area (Å²) in [7, 11) is 0. The number of aliphatic hydroxyl groups excluding tert-OH is 1. The van der Waals surface area contributed by atoms with Crippen LogP contribution in [0.25, 0.3) is 10.8 Å². The second-order valence-corrected chi connectivity index (χ2v) is 8.14. The first kappa shape index (κ1) is 14.3. The summed E-state index contributed by atoms with van der Waals surface area (Å²) < 4.78 is 2.17. The molecule has 0 aliphatic rings. The SMILES string of the molecule is OC(Cc1ccc(Br)s1)c1ccc2cc(Br)ccc2c1. The highest BCUT2D eigenvalue weighted by Gasteiger charge is 2.11. The van der Waals surface area contributed by atoms with Crippen molar-refractivity contribution in [2.45, 2.75) is 12.5 Å². The van der Waals surface area contributed by atoms with Gasteiger partial charge in [-0.2, -0.15) is 0 Å². The number of thiophene rings is 1. The van der Waals surface area contributed by atoms with Gasteiger partial charge in [0, 0.05) is 15.8 Å². The van der Waals surface area contributed by atoms with E-state index in [0.717, 1.165) is 19.2 Å². The first-order valence-electron chi connectivity index (χ1n) is 6.23. The molecular weight excluding hydrogens is 400 g/mol. The predicted molar refractivity (Wildman–Crippen MR) is 92.3 cm³/mol. The summed E-state index contributed by atoms with van der Waals surface area (Å²) in [6.45, 7) is 0. The van der Waals surface area contributed by atoms with Crippen molar-refractivity contribution in [3.63, 3.8) is 0 Å². The third kappa shape index (κ3) is 3.14. The van der Waals surface area contributed by atoms with E-state index in [9.17, 15) is 5.11 Å². The fraction of sp³-hybridized carbons (Fsp3) is 0.125. The first-order chi connectivity index (χ1) is 9.61. The third-order valence-corrected chi connectivity index (χ3v) is 5.37. The van der Waals surface area contributed by atoms with E-state index >= 15 is 0 Å². The second-order valence-electron chi connectivity index (χ2n) is 4.68. The van der Waals surface area contributed by atoms with Crippen LogP contribution in [0.15, 0.2) is 56.8 Å². The molecule has 3 aromatic rings. The average molecular weight is 412 g/mol. The highest BCUT2D eigenvalue weighted by Crippen LogP contribution is 2.29. The van der Waals surface area contributed by atoms with Crippen LogP contribution in [0, 0.1) is 0 Å². The Morgan fingerprint density at radius 2 is 1.70 bits per heavy atom. The molecule has 0 bridgehead atoms. The van der Waals surface area contributed by atoms with Gasteiger partial charge in [0.05, 0.1) is 9.89 Å². The molecule has 0 spiro atoms. The minimum Gasteiger partial charge on any atom is -0.388 e. The molecule has 3 rings (SSSR count). The fourth-order valence-electron chi connectivity index (χ4n) is 2.21. The molecule has 0 fully saturated rings. The number of fused-ring (bicyclic) bond motifs is 1. The molecule has 2 aromatic carbocycles. The van der Waals surface area contributed by atoms with Gasteiger partial charge in [0.15, 0.2) is 0 Å². The van der Waals surface area contributed by atoms with E-state index < -0.39 is 6.10 Å². The lowest BCUT2D eigenvalue weighted by Crippen LogP contribution is -2.00. The van der Waals surface area contributed by atoms with Gasteiger partial charge in [-0.25, -0.2) is 0 Å². The van der Waals surface area contributed by atoms with Crippen LogP contribution in [0.3, 0.4) is 0 Å². The van der Waals surface area contributed by atoms with Gasteiger partial charge in [-0.15, -0.1) is 11.3 Å². The number of hydrogen-bond acceptors (Lipinski definition) is 2. The van der Waals surface area contributed by atoms with Gasteiger partial charge < -0.3 is 5.11 Å². The van der Waals surface area contributed by atoms with Crippen molar-refractivity contribution >= 4 is 54.0 Å². The number of benzene rings is 2. The van der Waals surface area contributed by atoms with Crippen molar-refractivity contribution in [2.24, 2.45) is 0 Å². The predicted octanol–water partition coefficient (Wildman–Crippen LogP) is 5.70. The maximum atomic E-state index is 10.4. The zero-order valence-electron chi connectivity index (χ0n) is 10.5. The lowest BCUT2D eigenvalue weighted by atomic mass is 10.0. The van der Waals surface area contributed by atoms with Gasteiger partial charge in [-0.05, 0) is 62.6 Å². The van der Waals surface area contributed by atoms with E-state index in [-0.39, 0.29) is 0 Å². The summed E-state index contributed by atoms with van der Waals surface area (Å²) in [4.78, 5) is 1.18. The highest BCUT2D eigenvalue weighted by molar-refractivity contribution is 9.11. The van der Waals surface area contributed by atoms with Crippen molar-refractivity contribution in [2.75, 3.05) is 0 Å². The normalized spacial score (nSPS) is 12.8. The molecule has 0 aliphatic carbocycles. The molecule has 4 heteroatoms. The molecule has 0 amide bonds. The molecule has 0 saturated carbocycles. The third-order valence-electron chi connectivity index (χ3n) is 3.23. The van der Waals surface area contributed by atoms with Gasteiger partial charge in [0.2, 0.25) is 0 Å². The Hall–Kier alpha value is -0.680. The van der Waals surface area contributed by atoms with E-state index in [0.29, 0.717) is 6.42 Å². The van der Waals surface area contributed by atoms with Crippen molar-refractivity contribution < 1.29 is 5.11 Å². The lowest BCUT2D eigenvalue weighted by Gasteiger charge is -2.11. The summed E-state index contributed by atoms with van der Waals surface area (Å²) in [5.41, 5.74) is 0.962. The second kappa shape index (κ2) is 5.98. The molecule has 1 N–H and O–H groups in total. The Labute approximate surface area is 138 Å². The Bertz CT molecular complexity index is 751. The average Bonchev–Trinajstić information content (AvgIpc) is 2.83. The van der Waals surface area contributed by atoms with Crippen LogP contribution in [0.4, 0.5) is 0 Å². The standard InChI is InChI=1S/C16H12Br2OS/c17-13-4-3-10-7-12(2-1-11(10)8-13)15(19)9-14-5-6-16(18)20-14/h1-8,15,19H,9H2. The molecule has 0 saturated heterocycles. The quantitative estimate of drug-likeness (QED) is 0.585. The summed E-state index contributed by atoms with van der Waals surface area (Å²) in [5.74, 6) is 0. The van der Waals surface area contributed by atoms with Crippen LogP contribution in [0.5, 0.6) is 0 Å². The van der Waals surface area contributed by atoms with E-state index in [1.54, 1.807) is 11.3 Å². The Morgan fingerprint density at radius 1 is 0.950 bits per heavy atom. The smallest absolute Gasteiger partial charge is 0.0838 e. The Balaban J connectivity index is 1.87. The summed E-state index contributed by atoms with van der Waals surface area (Å²) >= 11 is 8.59. The molecule has 1 nitrogen and oxygen atoms in total. The number of rotatable bonds is 3. The summed E-state index contributed by atoms with van der Waals surface area (Å²) in [6.07, 6.45) is 0.187. The fourth-order valence-corrected chi connectivity index (χ4v) is 4.11. The maximum absolute atomic E-state index is 10.4. The van der Waals surface area contributed by atoms with Crippen LogP contribution < -0.4 is 0 Å². The number of aliphatic hydroxyl groups is 1. The highest BCUT2D eigenvalue weighted by atomic mass is 79.9. The Morgan fingerprint density at radius 3 is 2.45 bits per heavy atom. The molecule has 102 valence electrons. The van der Waals surface area contributed by atoms with Crippen molar-refractivity contribution in [1.29, 1.82) is 0 Å². The molecule has 1 atom stereocenters. The molecule has 1 aromatic heterocycles. The van der Waals surface area contributed by atoms with E-state index in [4.69, 9.17) is 0 Å². The minimum absolute atomic E-state index is 0.464. The molecular formula is C16H12Br2OS. The van der Waals surface area contributed by atoms with Crippen molar-refractivity contribution in [1.82, 2.24) is 0 Å². The van der Waals surface area contributed by atoms with Crippen molar-refractivity contribution in [3.8, 4) is 0 Å². The van der Waals surface area contributed by atoms with Gasteiger partial charge >= 0.3 is 0 Å². The summed E-state index contributed by atoms with van der Waals surface area (Å²) in [5, 5.41) is 12.7. The molecule has 0 aliphatic heterocycles. The zero-order valence-corrected chi connectivity index (χ0v) is 14.5. The van der Waals surface area contributed by atoms with Gasteiger partial charge in [-0.1, -0.05) is 34.1 Å². The van der Waals surface area contributed by atoms with Gasteiger partial charge in [0.25, 0.3) is 0 Å². The van der Waals surface area contributed by atoms with E-state index in [2.05, 4.69) is 62.2 Å². The van der Waals surface area contributed by atoms with Crippen LogP contribution in [-0.2, 0) is 6.42 Å². The molecule has 1 unspecified atom stereocenters. The van der Waals surface area contributed by atoms with Crippen LogP contribution in [0.2, 0.25) is 0 Å².